The third-order valence-corrected chi connectivity index (χ3v) is 4.84. The minimum atomic E-state index is -4.76. The fourth-order valence-corrected chi connectivity index (χ4v) is 3.27. The number of hydrogen-bond donors (Lipinski definition) is 0. The van der Waals surface area contributed by atoms with Crippen molar-refractivity contribution < 1.29 is 35.7 Å². The second-order valence-corrected chi connectivity index (χ2v) is 7.10. The summed E-state index contributed by atoms with van der Waals surface area (Å²) in [5.41, 5.74) is 1.03. The number of alkyl halides is 6. The SMILES string of the molecule is Cc1cn(C(=O)Cc2ccc(C(F)(F)F)cc2)c2ccc(-c3noc(C(F)(F)F)n3)cc12. The number of rotatable bonds is 3. The molecule has 32 heavy (non-hydrogen) atoms. The first-order chi connectivity index (χ1) is 14.9. The van der Waals surface area contributed by atoms with E-state index in [0.29, 0.717) is 22.0 Å². The molecular weight excluding hydrogens is 440 g/mol. The molecule has 0 atom stereocenters. The van der Waals surface area contributed by atoms with Gasteiger partial charge in [-0.05, 0) is 48.4 Å². The molecule has 0 amide bonds. The van der Waals surface area contributed by atoms with Gasteiger partial charge in [0.05, 0.1) is 17.5 Å². The maximum atomic E-state index is 12.8. The zero-order valence-electron chi connectivity index (χ0n) is 16.3. The molecule has 0 saturated carbocycles. The van der Waals surface area contributed by atoms with Gasteiger partial charge in [-0.2, -0.15) is 31.3 Å². The van der Waals surface area contributed by atoms with Gasteiger partial charge in [-0.1, -0.05) is 17.3 Å². The average molecular weight is 453 g/mol. The molecule has 0 aliphatic carbocycles. The fourth-order valence-electron chi connectivity index (χ4n) is 3.27. The van der Waals surface area contributed by atoms with Gasteiger partial charge in [0.15, 0.2) is 0 Å². The number of fused-ring (bicyclic) bond motifs is 1. The second kappa shape index (κ2) is 7.50. The van der Waals surface area contributed by atoms with E-state index in [0.717, 1.165) is 12.1 Å². The van der Waals surface area contributed by atoms with Gasteiger partial charge in [-0.25, -0.2) is 0 Å². The summed E-state index contributed by atoms with van der Waals surface area (Å²) in [5.74, 6) is -2.09. The van der Waals surface area contributed by atoms with Crippen molar-refractivity contribution in [2.45, 2.75) is 25.7 Å². The van der Waals surface area contributed by atoms with E-state index >= 15 is 0 Å². The maximum Gasteiger partial charge on any atom is 0.471 e. The minimum absolute atomic E-state index is 0.136. The molecule has 2 heterocycles. The minimum Gasteiger partial charge on any atom is -0.329 e. The molecule has 2 aromatic heterocycles. The number of aryl methyl sites for hydroxylation is 1. The highest BCUT2D eigenvalue weighted by molar-refractivity contribution is 5.96. The highest BCUT2D eigenvalue weighted by Crippen LogP contribution is 2.32. The zero-order chi connectivity index (χ0) is 23.3. The highest BCUT2D eigenvalue weighted by Gasteiger charge is 2.38. The van der Waals surface area contributed by atoms with Crippen LogP contribution in [0.2, 0.25) is 0 Å². The van der Waals surface area contributed by atoms with Crippen molar-refractivity contribution >= 4 is 16.8 Å². The Hall–Kier alpha value is -3.63. The molecule has 0 radical (unpaired) electrons. The van der Waals surface area contributed by atoms with Gasteiger partial charge >= 0.3 is 18.2 Å². The van der Waals surface area contributed by atoms with E-state index in [4.69, 9.17) is 0 Å². The average Bonchev–Trinajstić information content (AvgIpc) is 3.33. The second-order valence-electron chi connectivity index (χ2n) is 7.10. The van der Waals surface area contributed by atoms with Gasteiger partial charge < -0.3 is 4.52 Å². The number of halogens is 6. The zero-order valence-corrected chi connectivity index (χ0v) is 16.3. The first-order valence-electron chi connectivity index (χ1n) is 9.16. The molecule has 4 rings (SSSR count). The van der Waals surface area contributed by atoms with E-state index in [1.165, 1.54) is 34.9 Å². The van der Waals surface area contributed by atoms with Crippen LogP contribution in [0.1, 0.15) is 27.4 Å². The molecule has 0 bridgehead atoms. The smallest absolute Gasteiger partial charge is 0.329 e. The van der Waals surface area contributed by atoms with Crippen molar-refractivity contribution in [2.24, 2.45) is 0 Å². The Bertz CT molecular complexity index is 1300. The van der Waals surface area contributed by atoms with Crippen LogP contribution in [-0.4, -0.2) is 20.6 Å². The summed E-state index contributed by atoms with van der Waals surface area (Å²) >= 11 is 0. The Morgan fingerprint density at radius 2 is 1.69 bits per heavy atom. The molecule has 4 aromatic rings. The quantitative estimate of drug-likeness (QED) is 0.362. The molecule has 0 unspecified atom stereocenters. The summed E-state index contributed by atoms with van der Waals surface area (Å²) in [6, 6.07) is 8.83. The van der Waals surface area contributed by atoms with E-state index in [1.807, 2.05) is 0 Å². The van der Waals surface area contributed by atoms with Crippen LogP contribution in [0.4, 0.5) is 26.3 Å². The summed E-state index contributed by atoms with van der Waals surface area (Å²) in [6.45, 7) is 1.71. The van der Waals surface area contributed by atoms with Crippen LogP contribution in [0.5, 0.6) is 0 Å². The van der Waals surface area contributed by atoms with Gasteiger partial charge in [0, 0.05) is 17.1 Å². The van der Waals surface area contributed by atoms with Crippen molar-refractivity contribution in [2.75, 3.05) is 0 Å². The van der Waals surface area contributed by atoms with Crippen molar-refractivity contribution in [3.8, 4) is 11.4 Å². The number of carbonyl (C=O) groups excluding carboxylic acids is 1. The van der Waals surface area contributed by atoms with Crippen LogP contribution in [0.15, 0.2) is 53.2 Å². The number of hydrogen-bond acceptors (Lipinski definition) is 4. The van der Waals surface area contributed by atoms with Crippen LogP contribution < -0.4 is 0 Å². The van der Waals surface area contributed by atoms with E-state index in [-0.39, 0.29) is 23.7 Å². The molecule has 11 heteroatoms. The van der Waals surface area contributed by atoms with Gasteiger partial charge in [0.1, 0.15) is 0 Å². The molecule has 5 nitrogen and oxygen atoms in total. The van der Waals surface area contributed by atoms with Crippen molar-refractivity contribution in [1.82, 2.24) is 14.7 Å². The van der Waals surface area contributed by atoms with Gasteiger partial charge in [0.25, 0.3) is 0 Å². The topological polar surface area (TPSA) is 60.9 Å². The molecule has 2 aromatic carbocycles. The van der Waals surface area contributed by atoms with E-state index in [1.54, 1.807) is 13.1 Å². The number of nitrogens with zero attached hydrogens (tertiary/aromatic N) is 3. The fraction of sp³-hybridized carbons (Fsp3) is 0.190. The van der Waals surface area contributed by atoms with Crippen LogP contribution in [0.3, 0.4) is 0 Å². The van der Waals surface area contributed by atoms with E-state index < -0.39 is 23.8 Å². The van der Waals surface area contributed by atoms with Crippen molar-refractivity contribution in [3.63, 3.8) is 0 Å². The molecule has 0 N–H and O–H groups in total. The van der Waals surface area contributed by atoms with Crippen LogP contribution in [0.25, 0.3) is 22.3 Å². The summed E-state index contributed by atoms with van der Waals surface area (Å²) in [5, 5.41) is 3.94. The molecule has 0 saturated heterocycles. The lowest BCUT2D eigenvalue weighted by Crippen LogP contribution is -2.12. The van der Waals surface area contributed by atoms with Crippen LogP contribution >= 0.6 is 0 Å². The number of benzene rings is 2. The predicted molar refractivity (Wildman–Crippen MR) is 101 cm³/mol. The first-order valence-corrected chi connectivity index (χ1v) is 9.16. The molecule has 166 valence electrons. The maximum absolute atomic E-state index is 12.8. The first kappa shape index (κ1) is 21.6. The Morgan fingerprint density at radius 3 is 2.28 bits per heavy atom. The third-order valence-electron chi connectivity index (χ3n) is 4.84. The monoisotopic (exact) mass is 453 g/mol. The van der Waals surface area contributed by atoms with Gasteiger partial charge in [-0.3, -0.25) is 9.36 Å². The molecule has 0 aliphatic rings. The Labute approximate surface area is 176 Å². The van der Waals surface area contributed by atoms with E-state index in [9.17, 15) is 31.1 Å². The largest absolute Gasteiger partial charge is 0.471 e. The Balaban J connectivity index is 1.61. The van der Waals surface area contributed by atoms with Crippen molar-refractivity contribution in [3.05, 3.63) is 71.2 Å². The normalized spacial score (nSPS) is 12.5. The lowest BCUT2D eigenvalue weighted by molar-refractivity contribution is -0.159. The van der Waals surface area contributed by atoms with E-state index in [2.05, 4.69) is 14.7 Å². The lowest BCUT2D eigenvalue weighted by atomic mass is 10.1. The molecule has 0 aliphatic heterocycles. The Morgan fingerprint density at radius 1 is 1.00 bits per heavy atom. The summed E-state index contributed by atoms with van der Waals surface area (Å²) < 4.78 is 81.8. The lowest BCUT2D eigenvalue weighted by Gasteiger charge is -2.08. The number of carbonyl (C=O) groups is 1. The van der Waals surface area contributed by atoms with Crippen LogP contribution in [-0.2, 0) is 18.8 Å². The summed E-state index contributed by atoms with van der Waals surface area (Å²) in [7, 11) is 0. The number of aromatic nitrogens is 3. The van der Waals surface area contributed by atoms with Gasteiger partial charge in [0.2, 0.25) is 11.7 Å². The van der Waals surface area contributed by atoms with Crippen LogP contribution in [0, 0.1) is 6.92 Å². The molecular formula is C21H13F6N3O2. The van der Waals surface area contributed by atoms with Crippen molar-refractivity contribution in [1.29, 1.82) is 0 Å². The summed E-state index contributed by atoms with van der Waals surface area (Å²) in [4.78, 5) is 16.1. The highest BCUT2D eigenvalue weighted by atomic mass is 19.4. The summed E-state index contributed by atoms with van der Waals surface area (Å²) in [6.07, 6.45) is -7.81. The standard InChI is InChI=1S/C21H13F6N3O2/c1-11-10-30(17(31)8-12-2-5-14(6-3-12)20(22,23)24)16-7-4-13(9-15(11)16)18-28-19(32-29-18)21(25,26)27/h2-7,9-10H,8H2,1H3. The molecule has 0 fully saturated rings. The third kappa shape index (κ3) is 4.10. The van der Waals surface area contributed by atoms with Gasteiger partial charge in [-0.15, -0.1) is 0 Å². The predicted octanol–water partition coefficient (Wildman–Crippen LogP) is 5.92. The molecule has 0 spiro atoms. The Kier molecular flexibility index (Phi) is 5.06.